The van der Waals surface area contributed by atoms with Gasteiger partial charge in [-0.15, -0.1) is 0 Å². The molecule has 0 bridgehead atoms. The lowest BCUT2D eigenvalue weighted by Gasteiger charge is -2.14. The fraction of sp³-hybridized carbons (Fsp3) is 0.333. The minimum Gasteiger partial charge on any atom is -0.349 e. The summed E-state index contributed by atoms with van der Waals surface area (Å²) in [5.41, 5.74) is 1.31. The molecule has 0 aliphatic rings. The first-order valence-corrected chi connectivity index (χ1v) is 8.09. The minimum absolute atomic E-state index is 0.102. The smallest absolute Gasteiger partial charge is 0.252 e. The number of hydrogen-bond donors (Lipinski definition) is 1. The van der Waals surface area contributed by atoms with Gasteiger partial charge in [0.25, 0.3) is 5.91 Å². The standard InChI is InChI=1S/C15H17ClN2OS/c1-3-20-9-10(2)17-15(19)12-8-14(16)18-13-7-5-4-6-11(12)13/h4-8,10H,3,9H2,1-2H3,(H,17,19). The Hall–Kier alpha value is -1.26. The first-order valence-electron chi connectivity index (χ1n) is 6.55. The van der Waals surface area contributed by atoms with Gasteiger partial charge in [0.2, 0.25) is 0 Å². The highest BCUT2D eigenvalue weighted by Crippen LogP contribution is 2.20. The second-order valence-corrected chi connectivity index (χ2v) is 6.25. The summed E-state index contributed by atoms with van der Waals surface area (Å²) in [5.74, 6) is 1.85. The molecule has 1 heterocycles. The van der Waals surface area contributed by atoms with Gasteiger partial charge in [-0.2, -0.15) is 11.8 Å². The van der Waals surface area contributed by atoms with Gasteiger partial charge in [-0.05, 0) is 24.8 Å². The summed E-state index contributed by atoms with van der Waals surface area (Å²) in [4.78, 5) is 16.6. The maximum atomic E-state index is 12.4. The first kappa shape index (κ1) is 15.1. The average Bonchev–Trinajstić information content (AvgIpc) is 2.44. The van der Waals surface area contributed by atoms with Gasteiger partial charge in [0, 0.05) is 17.2 Å². The molecule has 1 aromatic carbocycles. The van der Waals surface area contributed by atoms with Crippen LogP contribution in [-0.2, 0) is 0 Å². The number of carbonyl (C=O) groups is 1. The van der Waals surface area contributed by atoms with Crippen LogP contribution in [0.25, 0.3) is 10.9 Å². The lowest BCUT2D eigenvalue weighted by atomic mass is 10.1. The van der Waals surface area contributed by atoms with E-state index in [9.17, 15) is 4.79 Å². The summed E-state index contributed by atoms with van der Waals surface area (Å²) >= 11 is 7.80. The molecule has 20 heavy (non-hydrogen) atoms. The molecule has 1 atom stereocenters. The van der Waals surface area contributed by atoms with Crippen molar-refractivity contribution in [2.45, 2.75) is 19.9 Å². The van der Waals surface area contributed by atoms with E-state index in [2.05, 4.69) is 17.2 Å². The van der Waals surface area contributed by atoms with Gasteiger partial charge in [0.1, 0.15) is 5.15 Å². The Kier molecular flexibility index (Phi) is 5.26. The molecule has 1 unspecified atom stereocenters. The molecule has 0 radical (unpaired) electrons. The largest absolute Gasteiger partial charge is 0.349 e. The van der Waals surface area contributed by atoms with Crippen molar-refractivity contribution in [1.29, 1.82) is 0 Å². The van der Waals surface area contributed by atoms with E-state index in [4.69, 9.17) is 11.6 Å². The Balaban J connectivity index is 2.25. The highest BCUT2D eigenvalue weighted by molar-refractivity contribution is 7.99. The van der Waals surface area contributed by atoms with Crippen LogP contribution in [0.5, 0.6) is 0 Å². The van der Waals surface area contributed by atoms with Crippen LogP contribution < -0.4 is 5.32 Å². The van der Waals surface area contributed by atoms with E-state index in [1.165, 1.54) is 0 Å². The number of nitrogens with zero attached hydrogens (tertiary/aromatic N) is 1. The van der Waals surface area contributed by atoms with Crippen LogP contribution in [0.1, 0.15) is 24.2 Å². The third kappa shape index (κ3) is 3.64. The Morgan fingerprint density at radius 3 is 2.95 bits per heavy atom. The number of thioether (sulfide) groups is 1. The van der Waals surface area contributed by atoms with Crippen LogP contribution in [0, 0.1) is 0 Å². The fourth-order valence-electron chi connectivity index (χ4n) is 1.97. The van der Waals surface area contributed by atoms with Crippen LogP contribution in [0.2, 0.25) is 5.15 Å². The van der Waals surface area contributed by atoms with Crippen molar-refractivity contribution >= 4 is 40.2 Å². The summed E-state index contributed by atoms with van der Waals surface area (Å²) in [6, 6.07) is 9.27. The van der Waals surface area contributed by atoms with Crippen LogP contribution in [-0.4, -0.2) is 28.4 Å². The Morgan fingerprint density at radius 1 is 1.45 bits per heavy atom. The molecule has 2 rings (SSSR count). The van der Waals surface area contributed by atoms with Gasteiger partial charge < -0.3 is 5.32 Å². The normalized spacial score (nSPS) is 12.3. The Morgan fingerprint density at radius 2 is 2.20 bits per heavy atom. The molecule has 106 valence electrons. The molecule has 1 aromatic heterocycles. The van der Waals surface area contributed by atoms with Crippen molar-refractivity contribution in [2.75, 3.05) is 11.5 Å². The number of carbonyl (C=O) groups excluding carboxylic acids is 1. The molecule has 0 fully saturated rings. The maximum Gasteiger partial charge on any atom is 0.252 e. The van der Waals surface area contributed by atoms with Crippen molar-refractivity contribution in [3.63, 3.8) is 0 Å². The lowest BCUT2D eigenvalue weighted by Crippen LogP contribution is -2.34. The van der Waals surface area contributed by atoms with Gasteiger partial charge in [-0.1, -0.05) is 36.7 Å². The first-order chi connectivity index (χ1) is 9.61. The van der Waals surface area contributed by atoms with E-state index in [1.807, 2.05) is 43.0 Å². The molecule has 0 spiro atoms. The molecule has 0 saturated heterocycles. The Bertz CT molecular complexity index is 618. The predicted octanol–water partition coefficient (Wildman–Crippen LogP) is 3.76. The quantitative estimate of drug-likeness (QED) is 0.855. The highest BCUT2D eigenvalue weighted by atomic mass is 35.5. The van der Waals surface area contributed by atoms with E-state index in [0.29, 0.717) is 10.7 Å². The summed E-state index contributed by atoms with van der Waals surface area (Å²) in [7, 11) is 0. The third-order valence-electron chi connectivity index (χ3n) is 2.88. The topological polar surface area (TPSA) is 42.0 Å². The molecular weight excluding hydrogens is 292 g/mol. The zero-order valence-electron chi connectivity index (χ0n) is 11.5. The number of pyridine rings is 1. The number of benzene rings is 1. The van der Waals surface area contributed by atoms with Crippen LogP contribution in [0.15, 0.2) is 30.3 Å². The van der Waals surface area contributed by atoms with Crippen molar-refractivity contribution in [3.05, 3.63) is 41.0 Å². The molecule has 1 amide bonds. The van der Waals surface area contributed by atoms with Gasteiger partial charge in [-0.25, -0.2) is 4.98 Å². The van der Waals surface area contributed by atoms with Gasteiger partial charge in [0.15, 0.2) is 0 Å². The average molecular weight is 309 g/mol. The minimum atomic E-state index is -0.102. The predicted molar refractivity (Wildman–Crippen MR) is 86.7 cm³/mol. The van der Waals surface area contributed by atoms with Gasteiger partial charge in [0.05, 0.1) is 11.1 Å². The van der Waals surface area contributed by atoms with Gasteiger partial charge >= 0.3 is 0 Å². The number of aromatic nitrogens is 1. The number of halogens is 1. The zero-order chi connectivity index (χ0) is 14.5. The molecule has 5 heteroatoms. The highest BCUT2D eigenvalue weighted by Gasteiger charge is 2.14. The summed E-state index contributed by atoms with van der Waals surface area (Å²) < 4.78 is 0. The number of fused-ring (bicyclic) bond motifs is 1. The molecule has 0 aliphatic heterocycles. The molecule has 2 aromatic rings. The van der Waals surface area contributed by atoms with Crippen molar-refractivity contribution < 1.29 is 4.79 Å². The van der Waals surface area contributed by atoms with E-state index >= 15 is 0 Å². The number of para-hydroxylation sites is 1. The van der Waals surface area contributed by atoms with Crippen LogP contribution >= 0.6 is 23.4 Å². The van der Waals surface area contributed by atoms with Crippen molar-refractivity contribution in [3.8, 4) is 0 Å². The second-order valence-electron chi connectivity index (χ2n) is 4.54. The molecule has 0 aliphatic carbocycles. The molecule has 0 saturated carbocycles. The monoisotopic (exact) mass is 308 g/mol. The Labute approximate surface area is 128 Å². The summed E-state index contributed by atoms with van der Waals surface area (Å²) in [6.45, 7) is 4.11. The second kappa shape index (κ2) is 6.95. The number of hydrogen-bond acceptors (Lipinski definition) is 3. The van der Waals surface area contributed by atoms with Crippen molar-refractivity contribution in [2.24, 2.45) is 0 Å². The van der Waals surface area contributed by atoms with Crippen LogP contribution in [0.3, 0.4) is 0 Å². The van der Waals surface area contributed by atoms with Crippen LogP contribution in [0.4, 0.5) is 0 Å². The number of amides is 1. The molecule has 3 nitrogen and oxygen atoms in total. The summed E-state index contributed by atoms with van der Waals surface area (Å²) in [6.07, 6.45) is 0. The molecule has 1 N–H and O–H groups in total. The lowest BCUT2D eigenvalue weighted by molar-refractivity contribution is 0.0945. The molecular formula is C15H17ClN2OS. The zero-order valence-corrected chi connectivity index (χ0v) is 13.1. The van der Waals surface area contributed by atoms with E-state index in [1.54, 1.807) is 6.07 Å². The number of nitrogens with one attached hydrogen (secondary N) is 1. The van der Waals surface area contributed by atoms with E-state index < -0.39 is 0 Å². The van der Waals surface area contributed by atoms with E-state index in [-0.39, 0.29) is 11.9 Å². The maximum absolute atomic E-state index is 12.4. The fourth-order valence-corrected chi connectivity index (χ4v) is 2.84. The summed E-state index contributed by atoms with van der Waals surface area (Å²) in [5, 5.41) is 4.17. The van der Waals surface area contributed by atoms with Gasteiger partial charge in [-0.3, -0.25) is 4.79 Å². The number of rotatable bonds is 5. The SMILES string of the molecule is CCSCC(C)NC(=O)c1cc(Cl)nc2ccccc12. The van der Waals surface area contributed by atoms with Crippen molar-refractivity contribution in [1.82, 2.24) is 10.3 Å². The third-order valence-corrected chi connectivity index (χ3v) is 4.22. The van der Waals surface area contributed by atoms with E-state index in [0.717, 1.165) is 22.4 Å².